The van der Waals surface area contributed by atoms with Gasteiger partial charge in [0.05, 0.1) is 17.8 Å². The summed E-state index contributed by atoms with van der Waals surface area (Å²) in [6.07, 6.45) is 0. The number of hydrogen-bond acceptors (Lipinski definition) is 5. The maximum atomic E-state index is 12.4. The van der Waals surface area contributed by atoms with Crippen LogP contribution < -0.4 is 10.1 Å². The number of benzene rings is 2. The van der Waals surface area contributed by atoms with E-state index in [0.29, 0.717) is 11.3 Å². The first-order valence-electron chi connectivity index (χ1n) is 8.48. The molecule has 2 rings (SSSR count). The predicted octanol–water partition coefficient (Wildman–Crippen LogP) is 4.88. The van der Waals surface area contributed by atoms with E-state index in [1.54, 1.807) is 6.92 Å². The number of methoxy groups -OCH3 is 1. The molecule has 0 heterocycles. The largest absolute Gasteiger partial charge is 0.490 e. The van der Waals surface area contributed by atoms with Crippen molar-refractivity contribution in [3.63, 3.8) is 0 Å². The Morgan fingerprint density at radius 1 is 1.07 bits per heavy atom. The Balaban J connectivity index is 2.17. The van der Waals surface area contributed by atoms with Gasteiger partial charge in [-0.15, -0.1) is 11.8 Å². The number of carbonyl (C=O) groups is 1. The normalized spacial score (nSPS) is 10.6. The van der Waals surface area contributed by atoms with Crippen molar-refractivity contribution in [1.29, 1.82) is 0 Å². The Morgan fingerprint density at radius 2 is 1.67 bits per heavy atom. The van der Waals surface area contributed by atoms with E-state index < -0.39 is 4.92 Å². The Bertz CT molecular complexity index is 883. The van der Waals surface area contributed by atoms with Gasteiger partial charge in [0.1, 0.15) is 0 Å². The van der Waals surface area contributed by atoms with Crippen molar-refractivity contribution in [2.24, 2.45) is 0 Å². The zero-order chi connectivity index (χ0) is 20.3. The maximum Gasteiger partial charge on any atom is 0.311 e. The summed E-state index contributed by atoms with van der Waals surface area (Å²) in [6, 6.07) is 5.05. The van der Waals surface area contributed by atoms with Crippen molar-refractivity contribution in [1.82, 2.24) is 0 Å². The molecule has 1 amide bonds. The van der Waals surface area contributed by atoms with Crippen LogP contribution in [0.15, 0.2) is 23.1 Å². The zero-order valence-corrected chi connectivity index (χ0v) is 17.2. The smallest absolute Gasteiger partial charge is 0.311 e. The average Bonchev–Trinajstić information content (AvgIpc) is 2.61. The molecular formula is C20H24N2O4S. The lowest BCUT2D eigenvalue weighted by Crippen LogP contribution is -2.15. The predicted molar refractivity (Wildman–Crippen MR) is 109 cm³/mol. The van der Waals surface area contributed by atoms with Crippen molar-refractivity contribution in [3.05, 3.63) is 56.1 Å². The third kappa shape index (κ3) is 4.60. The van der Waals surface area contributed by atoms with Crippen LogP contribution in [-0.4, -0.2) is 23.7 Å². The minimum absolute atomic E-state index is 0.120. The van der Waals surface area contributed by atoms with E-state index in [2.05, 4.69) is 39.1 Å². The summed E-state index contributed by atoms with van der Waals surface area (Å²) in [7, 11) is 1.37. The number of rotatable bonds is 6. The fourth-order valence-corrected chi connectivity index (χ4v) is 3.94. The quantitative estimate of drug-likeness (QED) is 0.433. The van der Waals surface area contributed by atoms with E-state index in [1.807, 2.05) is 0 Å². The Hall–Kier alpha value is -2.54. The molecule has 0 spiro atoms. The third-order valence-corrected chi connectivity index (χ3v) is 5.95. The maximum absolute atomic E-state index is 12.4. The number of anilines is 1. The second-order valence-corrected chi connectivity index (χ2v) is 7.51. The number of hydrogen-bond donors (Lipinski definition) is 1. The minimum Gasteiger partial charge on any atom is -0.490 e. The van der Waals surface area contributed by atoms with Crippen LogP contribution in [0.1, 0.15) is 27.8 Å². The number of nitrogens with zero attached hydrogens (tertiary/aromatic N) is 1. The molecule has 27 heavy (non-hydrogen) atoms. The SMILES string of the molecule is COc1cc(NC(=O)CSc2c(C)c(C)cc(C)c2C)c(C)cc1[N+](=O)[O-]. The van der Waals surface area contributed by atoms with Gasteiger partial charge < -0.3 is 10.1 Å². The summed E-state index contributed by atoms with van der Waals surface area (Å²) in [5.74, 6) is 0.204. The van der Waals surface area contributed by atoms with E-state index in [1.165, 1.54) is 53.3 Å². The average molecular weight is 388 g/mol. The van der Waals surface area contributed by atoms with Crippen LogP contribution in [0.4, 0.5) is 11.4 Å². The van der Waals surface area contributed by atoms with E-state index >= 15 is 0 Å². The summed E-state index contributed by atoms with van der Waals surface area (Å²) in [6.45, 7) is 9.98. The standard InChI is InChI=1S/C20H24N2O4S/c1-11-7-12(2)15(5)20(14(11)4)27-10-19(23)21-16-9-18(26-6)17(22(24)25)8-13(16)3/h7-9H,10H2,1-6H3,(H,21,23). The highest BCUT2D eigenvalue weighted by Gasteiger charge is 2.19. The van der Waals surface area contributed by atoms with E-state index in [-0.39, 0.29) is 23.1 Å². The highest BCUT2D eigenvalue weighted by Crippen LogP contribution is 2.34. The van der Waals surface area contributed by atoms with Crippen LogP contribution in [0.2, 0.25) is 0 Å². The molecule has 0 aliphatic heterocycles. The van der Waals surface area contributed by atoms with Gasteiger partial charge in [-0.3, -0.25) is 14.9 Å². The highest BCUT2D eigenvalue weighted by molar-refractivity contribution is 8.00. The van der Waals surface area contributed by atoms with Crippen molar-refractivity contribution in [2.75, 3.05) is 18.2 Å². The molecule has 1 N–H and O–H groups in total. The van der Waals surface area contributed by atoms with Crippen LogP contribution in [0.5, 0.6) is 5.75 Å². The van der Waals surface area contributed by atoms with Crippen LogP contribution in [0.25, 0.3) is 0 Å². The van der Waals surface area contributed by atoms with Crippen molar-refractivity contribution >= 4 is 29.0 Å². The summed E-state index contributed by atoms with van der Waals surface area (Å²) in [4.78, 5) is 24.1. The fourth-order valence-electron chi connectivity index (χ4n) is 2.83. The number of nitro groups is 1. The number of thioether (sulfide) groups is 1. The number of amides is 1. The molecule has 144 valence electrons. The summed E-state index contributed by atoms with van der Waals surface area (Å²) < 4.78 is 5.07. The topological polar surface area (TPSA) is 81.5 Å². The molecule has 0 bridgehead atoms. The van der Waals surface area contributed by atoms with Gasteiger partial charge in [-0.25, -0.2) is 0 Å². The molecule has 0 fully saturated rings. The molecule has 0 saturated carbocycles. The van der Waals surface area contributed by atoms with Gasteiger partial charge >= 0.3 is 5.69 Å². The minimum atomic E-state index is -0.501. The number of nitrogens with one attached hydrogen (secondary N) is 1. The lowest BCUT2D eigenvalue weighted by molar-refractivity contribution is -0.385. The highest BCUT2D eigenvalue weighted by atomic mass is 32.2. The first-order valence-corrected chi connectivity index (χ1v) is 9.47. The van der Waals surface area contributed by atoms with Crippen LogP contribution in [0, 0.1) is 44.7 Å². The van der Waals surface area contributed by atoms with Gasteiger partial charge in [0.25, 0.3) is 0 Å². The number of carbonyl (C=O) groups excluding carboxylic acids is 1. The summed E-state index contributed by atoms with van der Waals surface area (Å²) in [5.41, 5.74) is 5.78. The van der Waals surface area contributed by atoms with Gasteiger partial charge in [0, 0.05) is 22.7 Å². The lowest BCUT2D eigenvalue weighted by atomic mass is 10.0. The second kappa shape index (κ2) is 8.43. The molecule has 6 nitrogen and oxygen atoms in total. The Kier molecular flexibility index (Phi) is 6.49. The summed E-state index contributed by atoms with van der Waals surface area (Å²) in [5, 5.41) is 13.9. The number of aryl methyl sites for hydroxylation is 3. The summed E-state index contributed by atoms with van der Waals surface area (Å²) >= 11 is 1.50. The van der Waals surface area contributed by atoms with Crippen LogP contribution >= 0.6 is 11.8 Å². The second-order valence-electron chi connectivity index (χ2n) is 6.52. The molecule has 0 unspecified atom stereocenters. The van der Waals surface area contributed by atoms with E-state index in [9.17, 15) is 14.9 Å². The van der Waals surface area contributed by atoms with Gasteiger partial charge in [0.2, 0.25) is 5.91 Å². The van der Waals surface area contributed by atoms with Crippen LogP contribution in [-0.2, 0) is 4.79 Å². The van der Waals surface area contributed by atoms with Crippen molar-refractivity contribution in [2.45, 2.75) is 39.5 Å². The molecule has 2 aromatic rings. The number of ether oxygens (including phenoxy) is 1. The van der Waals surface area contributed by atoms with Gasteiger partial charge in [-0.05, 0) is 62.4 Å². The van der Waals surface area contributed by atoms with Gasteiger partial charge in [-0.1, -0.05) is 6.07 Å². The fraction of sp³-hybridized carbons (Fsp3) is 0.350. The number of nitro benzene ring substituents is 1. The Morgan fingerprint density at radius 3 is 2.19 bits per heavy atom. The molecule has 0 aromatic heterocycles. The van der Waals surface area contributed by atoms with E-state index in [0.717, 1.165) is 4.90 Å². The first kappa shape index (κ1) is 20.8. The third-order valence-electron chi connectivity index (χ3n) is 4.64. The monoisotopic (exact) mass is 388 g/mol. The van der Waals surface area contributed by atoms with E-state index in [4.69, 9.17) is 4.74 Å². The van der Waals surface area contributed by atoms with Crippen molar-refractivity contribution in [3.8, 4) is 5.75 Å². The van der Waals surface area contributed by atoms with Gasteiger partial charge in [-0.2, -0.15) is 0 Å². The molecule has 0 aliphatic rings. The first-order chi connectivity index (χ1) is 12.6. The molecule has 7 heteroatoms. The lowest BCUT2D eigenvalue weighted by Gasteiger charge is -2.15. The van der Waals surface area contributed by atoms with Crippen LogP contribution in [0.3, 0.4) is 0 Å². The molecule has 0 atom stereocenters. The molecule has 0 radical (unpaired) electrons. The molecule has 2 aromatic carbocycles. The molecular weight excluding hydrogens is 364 g/mol. The Labute approximate surface area is 163 Å². The van der Waals surface area contributed by atoms with Gasteiger partial charge in [0.15, 0.2) is 5.75 Å². The molecule has 0 saturated heterocycles. The zero-order valence-electron chi connectivity index (χ0n) is 16.4. The van der Waals surface area contributed by atoms with Crippen molar-refractivity contribution < 1.29 is 14.5 Å². The molecule has 0 aliphatic carbocycles.